The van der Waals surface area contributed by atoms with Crippen LogP contribution in [0.4, 0.5) is 0 Å². The molecule has 1 aromatic carbocycles. The van der Waals surface area contributed by atoms with Gasteiger partial charge in [-0.15, -0.1) is 0 Å². The number of ether oxygens (including phenoxy) is 3. The Bertz CT molecular complexity index is 562. The van der Waals surface area contributed by atoms with Crippen LogP contribution in [0.3, 0.4) is 0 Å². The van der Waals surface area contributed by atoms with Crippen molar-refractivity contribution in [3.63, 3.8) is 0 Å². The quantitative estimate of drug-likeness (QED) is 0.797. The summed E-state index contributed by atoms with van der Waals surface area (Å²) < 4.78 is 15.8. The smallest absolute Gasteiger partial charge is 0.326 e. The summed E-state index contributed by atoms with van der Waals surface area (Å²) in [6.45, 7) is 0.326. The molecule has 2 N–H and O–H groups in total. The number of rotatable bonds is 6. The molecule has 1 aliphatic rings. The van der Waals surface area contributed by atoms with Crippen LogP contribution in [-0.4, -0.2) is 43.5 Å². The number of aliphatic carboxylic acids is 1. The van der Waals surface area contributed by atoms with E-state index in [0.29, 0.717) is 16.0 Å². The minimum atomic E-state index is -1.11. The summed E-state index contributed by atoms with van der Waals surface area (Å²) in [5.74, 6) is -0.642. The van der Waals surface area contributed by atoms with E-state index < -0.39 is 17.9 Å². The van der Waals surface area contributed by atoms with Gasteiger partial charge >= 0.3 is 5.97 Å². The van der Waals surface area contributed by atoms with Gasteiger partial charge in [0.1, 0.15) is 6.04 Å². The molecule has 114 valence electrons. The molecule has 0 saturated heterocycles. The van der Waals surface area contributed by atoms with E-state index in [1.807, 2.05) is 0 Å². The van der Waals surface area contributed by atoms with E-state index in [2.05, 4.69) is 21.2 Å². The lowest BCUT2D eigenvalue weighted by Gasteiger charge is -2.14. The molecule has 1 aliphatic heterocycles. The maximum Gasteiger partial charge on any atom is 0.326 e. The fourth-order valence-corrected chi connectivity index (χ4v) is 2.39. The molecule has 0 bridgehead atoms. The lowest BCUT2D eigenvalue weighted by molar-refractivity contribution is -0.139. The molecule has 1 aromatic rings. The van der Waals surface area contributed by atoms with Crippen molar-refractivity contribution in [2.75, 3.05) is 20.5 Å². The largest absolute Gasteiger partial charge is 0.480 e. The van der Waals surface area contributed by atoms with Gasteiger partial charge in [-0.25, -0.2) is 4.79 Å². The molecular weight excluding hydrogens is 346 g/mol. The van der Waals surface area contributed by atoms with Gasteiger partial charge in [-0.05, 0) is 28.1 Å². The minimum Gasteiger partial charge on any atom is -0.480 e. The first-order valence-electron chi connectivity index (χ1n) is 6.14. The van der Waals surface area contributed by atoms with E-state index in [4.69, 9.17) is 19.3 Å². The van der Waals surface area contributed by atoms with Crippen LogP contribution in [0.15, 0.2) is 16.6 Å². The second-order valence-electron chi connectivity index (χ2n) is 4.34. The van der Waals surface area contributed by atoms with Gasteiger partial charge in [0, 0.05) is 25.7 Å². The molecule has 0 fully saturated rings. The van der Waals surface area contributed by atoms with Gasteiger partial charge in [-0.2, -0.15) is 0 Å². The highest BCUT2D eigenvalue weighted by molar-refractivity contribution is 9.10. The van der Waals surface area contributed by atoms with Gasteiger partial charge in [0.25, 0.3) is 5.91 Å². The number of carbonyl (C=O) groups is 2. The number of halogens is 1. The van der Waals surface area contributed by atoms with E-state index in [0.717, 1.165) is 0 Å². The molecule has 0 spiro atoms. The number of nitrogens with one attached hydrogen (secondary N) is 1. The normalized spacial score (nSPS) is 13.8. The summed E-state index contributed by atoms with van der Waals surface area (Å²) in [4.78, 5) is 23.2. The Hall–Kier alpha value is -1.80. The fourth-order valence-electron chi connectivity index (χ4n) is 1.83. The zero-order chi connectivity index (χ0) is 15.4. The van der Waals surface area contributed by atoms with E-state index in [1.165, 1.54) is 13.2 Å². The molecule has 0 radical (unpaired) electrons. The number of hydrogen-bond donors (Lipinski definition) is 2. The van der Waals surface area contributed by atoms with Crippen LogP contribution in [0.25, 0.3) is 0 Å². The highest BCUT2D eigenvalue weighted by Gasteiger charge is 2.24. The highest BCUT2D eigenvalue weighted by atomic mass is 79.9. The van der Waals surface area contributed by atoms with Crippen molar-refractivity contribution in [2.45, 2.75) is 12.5 Å². The standard InChI is InChI=1S/C13H14BrNO6/c1-19-3-2-9(13(17)18)15-12(16)7-4-8(14)11-10(5-7)20-6-21-11/h4-5,9H,2-3,6H2,1H3,(H,15,16)(H,17,18). The molecule has 2 rings (SSSR count). The predicted octanol–water partition coefficient (Wildman–Crippen LogP) is 1.40. The third-order valence-corrected chi connectivity index (χ3v) is 3.49. The Kier molecular flexibility index (Phi) is 5.03. The summed E-state index contributed by atoms with van der Waals surface area (Å²) in [6.07, 6.45) is 0.184. The van der Waals surface area contributed by atoms with Gasteiger partial charge in [0.15, 0.2) is 11.5 Å². The van der Waals surface area contributed by atoms with Crippen LogP contribution in [0.5, 0.6) is 11.5 Å². The maximum absolute atomic E-state index is 12.1. The number of carboxylic acid groups (broad SMARTS) is 1. The van der Waals surface area contributed by atoms with Crippen molar-refractivity contribution in [1.82, 2.24) is 5.32 Å². The summed E-state index contributed by atoms with van der Waals surface area (Å²) in [5, 5.41) is 11.5. The zero-order valence-corrected chi connectivity index (χ0v) is 12.8. The third kappa shape index (κ3) is 3.64. The molecule has 8 heteroatoms. The second kappa shape index (κ2) is 6.77. The van der Waals surface area contributed by atoms with E-state index in [9.17, 15) is 9.59 Å². The van der Waals surface area contributed by atoms with Crippen LogP contribution < -0.4 is 14.8 Å². The zero-order valence-electron chi connectivity index (χ0n) is 11.2. The Labute approximate surface area is 129 Å². The monoisotopic (exact) mass is 359 g/mol. The van der Waals surface area contributed by atoms with Gasteiger partial charge in [-0.1, -0.05) is 0 Å². The first kappa shape index (κ1) is 15.6. The summed E-state index contributed by atoms with van der Waals surface area (Å²) in [6, 6.07) is 2.05. The van der Waals surface area contributed by atoms with Crippen LogP contribution in [0.1, 0.15) is 16.8 Å². The number of carbonyl (C=O) groups excluding carboxylic acids is 1. The number of benzene rings is 1. The Morgan fingerprint density at radius 3 is 2.90 bits per heavy atom. The van der Waals surface area contributed by atoms with Crippen LogP contribution >= 0.6 is 15.9 Å². The van der Waals surface area contributed by atoms with Crippen molar-refractivity contribution in [3.05, 3.63) is 22.2 Å². The molecule has 1 amide bonds. The molecule has 7 nitrogen and oxygen atoms in total. The Morgan fingerprint density at radius 2 is 2.24 bits per heavy atom. The Morgan fingerprint density at radius 1 is 1.48 bits per heavy atom. The third-order valence-electron chi connectivity index (χ3n) is 2.90. The van der Waals surface area contributed by atoms with Crippen LogP contribution in [0.2, 0.25) is 0 Å². The number of methoxy groups -OCH3 is 1. The highest BCUT2D eigenvalue weighted by Crippen LogP contribution is 2.39. The summed E-state index contributed by atoms with van der Waals surface area (Å²) >= 11 is 3.28. The average molecular weight is 360 g/mol. The van der Waals surface area contributed by atoms with Crippen molar-refractivity contribution in [1.29, 1.82) is 0 Å². The first-order chi connectivity index (χ1) is 10.0. The predicted molar refractivity (Wildman–Crippen MR) is 75.6 cm³/mol. The van der Waals surface area contributed by atoms with Crippen molar-refractivity contribution in [3.8, 4) is 11.5 Å². The molecule has 1 unspecified atom stereocenters. The van der Waals surface area contributed by atoms with Crippen molar-refractivity contribution < 1.29 is 28.9 Å². The minimum absolute atomic E-state index is 0.0879. The van der Waals surface area contributed by atoms with E-state index >= 15 is 0 Å². The molecule has 1 heterocycles. The molecule has 0 aliphatic carbocycles. The number of amides is 1. The molecule has 0 saturated carbocycles. The maximum atomic E-state index is 12.1. The van der Waals surface area contributed by atoms with Gasteiger partial charge in [0.05, 0.1) is 4.47 Å². The van der Waals surface area contributed by atoms with Gasteiger partial charge in [0.2, 0.25) is 6.79 Å². The SMILES string of the molecule is COCCC(NC(=O)c1cc(Br)c2c(c1)OCO2)C(=O)O. The fraction of sp³-hybridized carbons (Fsp3) is 0.385. The second-order valence-corrected chi connectivity index (χ2v) is 5.19. The number of hydrogen-bond acceptors (Lipinski definition) is 5. The first-order valence-corrected chi connectivity index (χ1v) is 6.94. The van der Waals surface area contributed by atoms with E-state index in [1.54, 1.807) is 6.07 Å². The molecule has 1 atom stereocenters. The van der Waals surface area contributed by atoms with Crippen LogP contribution in [0, 0.1) is 0 Å². The lowest BCUT2D eigenvalue weighted by atomic mass is 10.1. The molecule has 0 aromatic heterocycles. The van der Waals surface area contributed by atoms with Gasteiger partial charge < -0.3 is 24.6 Å². The lowest BCUT2D eigenvalue weighted by Crippen LogP contribution is -2.41. The topological polar surface area (TPSA) is 94.1 Å². The molecular formula is C13H14BrNO6. The number of carboxylic acids is 1. The average Bonchev–Trinajstić information content (AvgIpc) is 2.91. The Balaban J connectivity index is 2.12. The van der Waals surface area contributed by atoms with Crippen molar-refractivity contribution in [2.24, 2.45) is 0 Å². The summed E-state index contributed by atoms with van der Waals surface area (Å²) in [7, 11) is 1.47. The van der Waals surface area contributed by atoms with E-state index in [-0.39, 0.29) is 25.4 Å². The molecule has 21 heavy (non-hydrogen) atoms. The number of fused-ring (bicyclic) bond motifs is 1. The van der Waals surface area contributed by atoms with Gasteiger partial charge in [-0.3, -0.25) is 4.79 Å². The van der Waals surface area contributed by atoms with Crippen molar-refractivity contribution >= 4 is 27.8 Å². The van der Waals surface area contributed by atoms with Crippen LogP contribution in [-0.2, 0) is 9.53 Å². The summed E-state index contributed by atoms with van der Waals surface area (Å²) in [5.41, 5.74) is 0.287.